The third kappa shape index (κ3) is 1.68. The lowest BCUT2D eigenvalue weighted by molar-refractivity contribution is 0.424. The number of benzene rings is 1. The van der Waals surface area contributed by atoms with Gasteiger partial charge in [-0.05, 0) is 45.7 Å². The summed E-state index contributed by atoms with van der Waals surface area (Å²) in [6.45, 7) is 1.82. The van der Waals surface area contributed by atoms with Crippen LogP contribution in [0.3, 0.4) is 0 Å². The molecule has 2 aromatic rings. The Morgan fingerprint density at radius 2 is 2.21 bits per heavy atom. The molecule has 3 nitrogen and oxygen atoms in total. The number of hydrogen-bond acceptors (Lipinski definition) is 3. The zero-order chi connectivity index (χ0) is 10.1. The van der Waals surface area contributed by atoms with E-state index in [4.69, 9.17) is 4.52 Å². The van der Waals surface area contributed by atoms with Crippen LogP contribution in [0.15, 0.2) is 27.5 Å². The minimum Gasteiger partial charge on any atom is -0.333 e. The largest absolute Gasteiger partial charge is 0.333 e. The molecule has 0 amide bonds. The zero-order valence-corrected chi connectivity index (χ0v) is 8.88. The van der Waals surface area contributed by atoms with Gasteiger partial charge < -0.3 is 4.52 Å². The second kappa shape index (κ2) is 3.49. The van der Waals surface area contributed by atoms with E-state index in [-0.39, 0.29) is 11.7 Å². The number of aromatic nitrogens is 2. The highest BCUT2D eigenvalue weighted by Crippen LogP contribution is 2.22. The standard InChI is InChI=1S/C9H6BrFN2O/c1-5-2-3-6(7(11)4-5)8-12-9(10)13-14-8/h2-4H,1H3. The maximum absolute atomic E-state index is 13.4. The molecule has 0 radical (unpaired) electrons. The van der Waals surface area contributed by atoms with Gasteiger partial charge in [0.2, 0.25) is 4.73 Å². The van der Waals surface area contributed by atoms with Crippen molar-refractivity contribution in [3.8, 4) is 11.5 Å². The average molecular weight is 257 g/mol. The van der Waals surface area contributed by atoms with Crippen molar-refractivity contribution in [3.05, 3.63) is 34.3 Å². The van der Waals surface area contributed by atoms with Crippen LogP contribution in [0.2, 0.25) is 0 Å². The molecule has 0 aliphatic rings. The minimum absolute atomic E-state index is 0.175. The molecule has 1 aromatic carbocycles. The average Bonchev–Trinajstić information content (AvgIpc) is 2.51. The summed E-state index contributed by atoms with van der Waals surface area (Å²) in [6, 6.07) is 4.83. The van der Waals surface area contributed by atoms with E-state index in [0.29, 0.717) is 10.3 Å². The zero-order valence-electron chi connectivity index (χ0n) is 7.29. The lowest BCUT2D eigenvalue weighted by atomic mass is 10.1. The maximum Gasteiger partial charge on any atom is 0.261 e. The van der Waals surface area contributed by atoms with Crippen LogP contribution < -0.4 is 0 Å². The van der Waals surface area contributed by atoms with Crippen LogP contribution in [0.4, 0.5) is 4.39 Å². The molecule has 1 aromatic heterocycles. The molecule has 2 rings (SSSR count). The first-order chi connectivity index (χ1) is 6.66. The monoisotopic (exact) mass is 256 g/mol. The molecule has 72 valence electrons. The van der Waals surface area contributed by atoms with E-state index < -0.39 is 0 Å². The van der Waals surface area contributed by atoms with Gasteiger partial charge in [0.15, 0.2) is 0 Å². The van der Waals surface area contributed by atoms with Gasteiger partial charge in [0, 0.05) is 0 Å². The van der Waals surface area contributed by atoms with E-state index in [1.165, 1.54) is 6.07 Å². The summed E-state index contributed by atoms with van der Waals surface area (Å²) in [6.07, 6.45) is 0. The van der Waals surface area contributed by atoms with Crippen molar-refractivity contribution in [3.63, 3.8) is 0 Å². The quantitative estimate of drug-likeness (QED) is 0.788. The summed E-state index contributed by atoms with van der Waals surface area (Å²) in [4.78, 5) is 3.87. The first-order valence-electron chi connectivity index (χ1n) is 3.92. The Bertz CT molecular complexity index is 470. The van der Waals surface area contributed by atoms with E-state index in [0.717, 1.165) is 5.56 Å². The summed E-state index contributed by atoms with van der Waals surface area (Å²) in [5, 5.41) is 3.52. The Labute approximate surface area is 88.1 Å². The fraction of sp³-hybridized carbons (Fsp3) is 0.111. The van der Waals surface area contributed by atoms with E-state index in [9.17, 15) is 4.39 Å². The summed E-state index contributed by atoms with van der Waals surface area (Å²) < 4.78 is 18.5. The van der Waals surface area contributed by atoms with Gasteiger partial charge in [-0.1, -0.05) is 6.07 Å². The number of halogens is 2. The maximum atomic E-state index is 13.4. The minimum atomic E-state index is -0.360. The molecule has 0 atom stereocenters. The molecule has 0 saturated carbocycles. The second-order valence-corrected chi connectivity index (χ2v) is 3.56. The van der Waals surface area contributed by atoms with Gasteiger partial charge in [0.05, 0.1) is 5.56 Å². The number of rotatable bonds is 1. The molecule has 0 N–H and O–H groups in total. The van der Waals surface area contributed by atoms with Crippen molar-refractivity contribution in [2.24, 2.45) is 0 Å². The van der Waals surface area contributed by atoms with Gasteiger partial charge >= 0.3 is 0 Å². The second-order valence-electron chi connectivity index (χ2n) is 2.85. The van der Waals surface area contributed by atoms with Gasteiger partial charge in [-0.2, -0.15) is 4.98 Å². The third-order valence-electron chi connectivity index (χ3n) is 1.76. The molecule has 0 bridgehead atoms. The SMILES string of the molecule is Cc1ccc(-c2nc(Br)no2)c(F)c1. The Kier molecular flexibility index (Phi) is 2.33. The van der Waals surface area contributed by atoms with Gasteiger partial charge in [0.1, 0.15) is 5.82 Å². The van der Waals surface area contributed by atoms with E-state index in [2.05, 4.69) is 26.1 Å². The molecule has 5 heteroatoms. The predicted octanol–water partition coefficient (Wildman–Crippen LogP) is 2.95. The molecular formula is C9H6BrFN2O. The fourth-order valence-corrected chi connectivity index (χ4v) is 1.34. The van der Waals surface area contributed by atoms with E-state index in [1.807, 2.05) is 6.92 Å². The first kappa shape index (κ1) is 9.33. The van der Waals surface area contributed by atoms with Gasteiger partial charge in [0.25, 0.3) is 5.89 Å². The Hall–Kier alpha value is -1.23. The molecule has 0 saturated heterocycles. The van der Waals surface area contributed by atoms with Crippen LogP contribution in [0.1, 0.15) is 5.56 Å². The topological polar surface area (TPSA) is 38.9 Å². The van der Waals surface area contributed by atoms with Gasteiger partial charge in [-0.25, -0.2) is 4.39 Å². The third-order valence-corrected chi connectivity index (χ3v) is 2.08. The normalized spacial score (nSPS) is 10.5. The van der Waals surface area contributed by atoms with Crippen molar-refractivity contribution in [2.45, 2.75) is 6.92 Å². The smallest absolute Gasteiger partial charge is 0.261 e. The molecule has 0 fully saturated rings. The summed E-state index contributed by atoms with van der Waals surface area (Å²) in [5.74, 6) is -0.185. The Morgan fingerprint density at radius 1 is 1.43 bits per heavy atom. The van der Waals surface area contributed by atoms with Crippen molar-refractivity contribution >= 4 is 15.9 Å². The predicted molar refractivity (Wildman–Crippen MR) is 52.1 cm³/mol. The Morgan fingerprint density at radius 3 is 2.79 bits per heavy atom. The highest BCUT2D eigenvalue weighted by Gasteiger charge is 2.11. The van der Waals surface area contributed by atoms with Crippen LogP contribution >= 0.6 is 15.9 Å². The molecule has 0 aliphatic heterocycles. The van der Waals surface area contributed by atoms with E-state index in [1.54, 1.807) is 12.1 Å². The molecular weight excluding hydrogens is 251 g/mol. The Balaban J connectivity index is 2.52. The molecule has 0 spiro atoms. The lowest BCUT2D eigenvalue weighted by Crippen LogP contribution is -1.85. The van der Waals surface area contributed by atoms with Gasteiger partial charge in [-0.15, -0.1) is 0 Å². The molecule has 0 aliphatic carbocycles. The van der Waals surface area contributed by atoms with Crippen LogP contribution in [0.25, 0.3) is 11.5 Å². The summed E-state index contributed by atoms with van der Waals surface area (Å²) in [5.41, 5.74) is 1.17. The van der Waals surface area contributed by atoms with Crippen molar-refractivity contribution in [1.82, 2.24) is 10.1 Å². The number of aryl methyl sites for hydroxylation is 1. The number of nitrogens with zero attached hydrogens (tertiary/aromatic N) is 2. The fourth-order valence-electron chi connectivity index (χ4n) is 1.11. The van der Waals surface area contributed by atoms with E-state index >= 15 is 0 Å². The molecule has 0 unspecified atom stereocenters. The van der Waals surface area contributed by atoms with Crippen molar-refractivity contribution < 1.29 is 8.91 Å². The lowest BCUT2D eigenvalue weighted by Gasteiger charge is -1.97. The van der Waals surface area contributed by atoms with Crippen LogP contribution in [-0.2, 0) is 0 Å². The van der Waals surface area contributed by atoms with Crippen molar-refractivity contribution in [2.75, 3.05) is 0 Å². The van der Waals surface area contributed by atoms with Crippen molar-refractivity contribution in [1.29, 1.82) is 0 Å². The van der Waals surface area contributed by atoms with Crippen LogP contribution in [0, 0.1) is 12.7 Å². The van der Waals surface area contributed by atoms with Crippen LogP contribution in [-0.4, -0.2) is 10.1 Å². The number of hydrogen-bond donors (Lipinski definition) is 0. The molecule has 14 heavy (non-hydrogen) atoms. The molecule has 1 heterocycles. The highest BCUT2D eigenvalue weighted by atomic mass is 79.9. The first-order valence-corrected chi connectivity index (χ1v) is 4.72. The van der Waals surface area contributed by atoms with Gasteiger partial charge in [-0.3, -0.25) is 0 Å². The summed E-state index contributed by atoms with van der Waals surface area (Å²) in [7, 11) is 0. The van der Waals surface area contributed by atoms with Crippen LogP contribution in [0.5, 0.6) is 0 Å². The highest BCUT2D eigenvalue weighted by molar-refractivity contribution is 9.10. The summed E-state index contributed by atoms with van der Waals surface area (Å²) >= 11 is 3.03.